The summed E-state index contributed by atoms with van der Waals surface area (Å²) in [6.07, 6.45) is 2.64. The van der Waals surface area contributed by atoms with Crippen LogP contribution in [-0.4, -0.2) is 32.1 Å². The van der Waals surface area contributed by atoms with Gasteiger partial charge in [0.15, 0.2) is 0 Å². The van der Waals surface area contributed by atoms with E-state index in [1.54, 1.807) is 6.21 Å². The lowest BCUT2D eigenvalue weighted by Gasteiger charge is -2.31. The summed E-state index contributed by atoms with van der Waals surface area (Å²) in [4.78, 5) is 4.32. The third kappa shape index (κ3) is 9.00. The SMILES string of the molecule is C=C(CCNC(C)(C)OCC(C)(C)C)/C(NC)=C(C)/N=C\C. The van der Waals surface area contributed by atoms with E-state index in [4.69, 9.17) is 4.74 Å². The van der Waals surface area contributed by atoms with Gasteiger partial charge in [-0.05, 0) is 45.1 Å². The normalized spacial score (nSPS) is 14.2. The molecule has 0 aliphatic heterocycles. The van der Waals surface area contributed by atoms with Crippen LogP contribution in [0.15, 0.2) is 28.5 Å². The molecule has 0 unspecified atom stereocenters. The molecule has 0 aromatic heterocycles. The third-order valence-electron chi connectivity index (χ3n) is 3.13. The van der Waals surface area contributed by atoms with Crippen molar-refractivity contribution in [2.24, 2.45) is 10.4 Å². The fraction of sp³-hybridized carbons (Fsp3) is 0.722. The molecule has 128 valence electrons. The zero-order valence-corrected chi connectivity index (χ0v) is 15.8. The van der Waals surface area contributed by atoms with E-state index >= 15 is 0 Å². The summed E-state index contributed by atoms with van der Waals surface area (Å²) in [6, 6.07) is 0. The Hall–Kier alpha value is -1.13. The minimum Gasteiger partial charge on any atom is -0.386 e. The van der Waals surface area contributed by atoms with Crippen molar-refractivity contribution in [1.29, 1.82) is 0 Å². The predicted octanol–water partition coefficient (Wildman–Crippen LogP) is 3.86. The van der Waals surface area contributed by atoms with Crippen LogP contribution >= 0.6 is 0 Å². The molecule has 0 heterocycles. The number of hydrogen-bond acceptors (Lipinski definition) is 4. The Balaban J connectivity index is 4.45. The highest BCUT2D eigenvalue weighted by Crippen LogP contribution is 2.18. The van der Waals surface area contributed by atoms with Gasteiger partial charge in [0, 0.05) is 19.8 Å². The van der Waals surface area contributed by atoms with Crippen molar-refractivity contribution in [2.75, 3.05) is 20.2 Å². The monoisotopic (exact) mass is 309 g/mol. The van der Waals surface area contributed by atoms with Crippen molar-refractivity contribution in [1.82, 2.24) is 10.6 Å². The number of nitrogens with one attached hydrogen (secondary N) is 2. The summed E-state index contributed by atoms with van der Waals surface area (Å²) in [7, 11) is 1.90. The summed E-state index contributed by atoms with van der Waals surface area (Å²) < 4.78 is 5.96. The summed E-state index contributed by atoms with van der Waals surface area (Å²) in [5.74, 6) is 0. The Morgan fingerprint density at radius 3 is 2.27 bits per heavy atom. The van der Waals surface area contributed by atoms with Crippen LogP contribution in [0, 0.1) is 5.41 Å². The van der Waals surface area contributed by atoms with E-state index in [1.807, 2.05) is 20.9 Å². The Kier molecular flexibility index (Phi) is 8.64. The van der Waals surface area contributed by atoms with Crippen LogP contribution in [0.3, 0.4) is 0 Å². The molecule has 0 aromatic carbocycles. The lowest BCUT2D eigenvalue weighted by atomic mass is 9.98. The first-order valence-corrected chi connectivity index (χ1v) is 7.97. The van der Waals surface area contributed by atoms with Gasteiger partial charge in [0.1, 0.15) is 5.72 Å². The molecule has 0 aromatic rings. The van der Waals surface area contributed by atoms with Gasteiger partial charge in [-0.3, -0.25) is 10.3 Å². The van der Waals surface area contributed by atoms with E-state index in [2.05, 4.69) is 56.8 Å². The topological polar surface area (TPSA) is 45.6 Å². The van der Waals surface area contributed by atoms with Crippen molar-refractivity contribution in [3.63, 3.8) is 0 Å². The molecule has 0 radical (unpaired) electrons. The molecule has 0 bridgehead atoms. The second-order valence-electron chi connectivity index (χ2n) is 7.24. The van der Waals surface area contributed by atoms with Crippen molar-refractivity contribution in [3.8, 4) is 0 Å². The number of nitrogens with zero attached hydrogens (tertiary/aromatic N) is 1. The van der Waals surface area contributed by atoms with E-state index in [1.165, 1.54) is 0 Å². The molecule has 0 aliphatic rings. The highest BCUT2D eigenvalue weighted by molar-refractivity contribution is 5.55. The smallest absolute Gasteiger partial charge is 0.113 e. The van der Waals surface area contributed by atoms with Crippen molar-refractivity contribution in [3.05, 3.63) is 23.5 Å². The van der Waals surface area contributed by atoms with E-state index in [-0.39, 0.29) is 11.1 Å². The van der Waals surface area contributed by atoms with Crippen LogP contribution in [-0.2, 0) is 4.74 Å². The maximum absolute atomic E-state index is 5.96. The number of hydrogen-bond donors (Lipinski definition) is 2. The maximum Gasteiger partial charge on any atom is 0.113 e. The molecule has 4 heteroatoms. The zero-order chi connectivity index (χ0) is 17.4. The lowest BCUT2D eigenvalue weighted by molar-refractivity contribution is -0.0711. The molecule has 0 amide bonds. The Morgan fingerprint density at radius 2 is 1.82 bits per heavy atom. The van der Waals surface area contributed by atoms with Crippen LogP contribution in [0.4, 0.5) is 0 Å². The summed E-state index contributed by atoms with van der Waals surface area (Å²) in [6.45, 7) is 20.2. The average molecular weight is 309 g/mol. The van der Waals surface area contributed by atoms with Gasteiger partial charge in [0.05, 0.1) is 18.0 Å². The molecule has 0 rings (SSSR count). The Bertz CT molecular complexity index is 415. The van der Waals surface area contributed by atoms with Gasteiger partial charge in [0.2, 0.25) is 0 Å². The number of ether oxygens (including phenoxy) is 1. The van der Waals surface area contributed by atoms with Gasteiger partial charge in [-0.25, -0.2) is 0 Å². The second-order valence-corrected chi connectivity index (χ2v) is 7.24. The number of rotatable bonds is 9. The Labute approximate surface area is 137 Å². The van der Waals surface area contributed by atoms with Crippen molar-refractivity contribution in [2.45, 2.75) is 60.6 Å². The first-order chi connectivity index (χ1) is 10.0. The summed E-state index contributed by atoms with van der Waals surface area (Å²) in [5.41, 5.74) is 2.84. The summed E-state index contributed by atoms with van der Waals surface area (Å²) >= 11 is 0. The Morgan fingerprint density at radius 1 is 1.23 bits per heavy atom. The highest BCUT2D eigenvalue weighted by atomic mass is 16.5. The molecule has 0 fully saturated rings. The molecule has 0 spiro atoms. The van der Waals surface area contributed by atoms with Crippen LogP contribution in [0.2, 0.25) is 0 Å². The van der Waals surface area contributed by atoms with Crippen LogP contribution in [0.1, 0.15) is 54.9 Å². The quantitative estimate of drug-likeness (QED) is 0.386. The lowest BCUT2D eigenvalue weighted by Crippen LogP contribution is -2.44. The first-order valence-electron chi connectivity index (χ1n) is 7.97. The minimum atomic E-state index is -0.340. The van der Waals surface area contributed by atoms with E-state index in [0.717, 1.165) is 36.5 Å². The number of allylic oxidation sites excluding steroid dienone is 2. The van der Waals surface area contributed by atoms with E-state index in [9.17, 15) is 0 Å². The van der Waals surface area contributed by atoms with Crippen molar-refractivity contribution < 1.29 is 4.74 Å². The van der Waals surface area contributed by atoms with Gasteiger partial charge >= 0.3 is 0 Å². The second kappa shape index (κ2) is 9.11. The molecular weight excluding hydrogens is 274 g/mol. The zero-order valence-electron chi connectivity index (χ0n) is 15.8. The molecule has 2 N–H and O–H groups in total. The fourth-order valence-corrected chi connectivity index (χ4v) is 1.96. The van der Waals surface area contributed by atoms with Gasteiger partial charge in [-0.1, -0.05) is 27.4 Å². The molecule has 0 atom stereocenters. The van der Waals surface area contributed by atoms with Crippen LogP contribution in [0.5, 0.6) is 0 Å². The average Bonchev–Trinajstić information content (AvgIpc) is 2.37. The summed E-state index contributed by atoms with van der Waals surface area (Å²) in [5, 5.41) is 6.63. The highest BCUT2D eigenvalue weighted by Gasteiger charge is 2.21. The number of aliphatic imine (C=N–C) groups is 1. The molecule has 0 aliphatic carbocycles. The minimum absolute atomic E-state index is 0.167. The predicted molar refractivity (Wildman–Crippen MR) is 97.2 cm³/mol. The standard InChI is InChI=1S/C18H35N3O/c1-10-20-15(3)16(19-9)14(2)11-12-21-18(7,8)22-13-17(4,5)6/h10,19,21H,2,11-13H2,1,3-9H3/b16-15-,20-10-. The van der Waals surface area contributed by atoms with Crippen LogP contribution < -0.4 is 10.6 Å². The van der Waals surface area contributed by atoms with Crippen molar-refractivity contribution >= 4 is 6.21 Å². The van der Waals surface area contributed by atoms with E-state index < -0.39 is 0 Å². The molecular formula is C18H35N3O. The first kappa shape index (κ1) is 20.9. The molecule has 4 nitrogen and oxygen atoms in total. The van der Waals surface area contributed by atoms with E-state index in [0.29, 0.717) is 0 Å². The van der Waals surface area contributed by atoms with Gasteiger partial charge in [-0.15, -0.1) is 0 Å². The molecule has 22 heavy (non-hydrogen) atoms. The number of likely N-dealkylation sites (N-methyl/N-ethyl adjacent to an activating group) is 1. The van der Waals surface area contributed by atoms with Gasteiger partial charge < -0.3 is 10.1 Å². The third-order valence-corrected chi connectivity index (χ3v) is 3.13. The molecule has 0 saturated carbocycles. The van der Waals surface area contributed by atoms with Gasteiger partial charge in [-0.2, -0.15) is 0 Å². The molecule has 0 saturated heterocycles. The maximum atomic E-state index is 5.96. The largest absolute Gasteiger partial charge is 0.386 e. The van der Waals surface area contributed by atoms with Crippen LogP contribution in [0.25, 0.3) is 0 Å². The fourth-order valence-electron chi connectivity index (χ4n) is 1.96. The van der Waals surface area contributed by atoms with Gasteiger partial charge in [0.25, 0.3) is 0 Å².